The Morgan fingerprint density at radius 2 is 1.96 bits per heavy atom. The summed E-state index contributed by atoms with van der Waals surface area (Å²) in [6.07, 6.45) is 2.55. The van der Waals surface area contributed by atoms with Gasteiger partial charge in [-0.3, -0.25) is 9.59 Å². The third-order valence-corrected chi connectivity index (χ3v) is 5.38. The van der Waals surface area contributed by atoms with Gasteiger partial charge in [-0.1, -0.05) is 36.3 Å². The van der Waals surface area contributed by atoms with Crippen molar-refractivity contribution >= 4 is 28.3 Å². The highest BCUT2D eigenvalue weighted by molar-refractivity contribution is 7.16. The fraction of sp³-hybridized carbons (Fsp3) is 0.333. The van der Waals surface area contributed by atoms with Crippen molar-refractivity contribution in [3.63, 3.8) is 0 Å². The van der Waals surface area contributed by atoms with Gasteiger partial charge in [0.15, 0.2) is 5.13 Å². The number of benzene rings is 1. The van der Waals surface area contributed by atoms with E-state index >= 15 is 0 Å². The number of rotatable bonds is 4. The van der Waals surface area contributed by atoms with Gasteiger partial charge in [-0.15, -0.1) is 0 Å². The minimum atomic E-state index is -0.978. The van der Waals surface area contributed by atoms with Crippen LogP contribution in [0.4, 0.5) is 9.52 Å². The largest absolute Gasteiger partial charge is 0.481 e. The molecule has 0 spiro atoms. The molecular weight excluding hydrogens is 357 g/mol. The number of aromatic nitrogens is 1. The molecular formula is C18H16FN3O3S. The highest BCUT2D eigenvalue weighted by Crippen LogP contribution is 2.34. The molecule has 1 fully saturated rings. The molecule has 0 saturated heterocycles. The molecule has 1 heterocycles. The summed E-state index contributed by atoms with van der Waals surface area (Å²) in [4.78, 5) is 28.3. The van der Waals surface area contributed by atoms with Crippen molar-refractivity contribution < 1.29 is 19.1 Å². The Labute approximate surface area is 153 Å². The predicted octanol–water partition coefficient (Wildman–Crippen LogP) is 3.65. The summed E-state index contributed by atoms with van der Waals surface area (Å²) in [6, 6.07) is 7.92. The molecule has 2 N–H and O–H groups in total. The molecule has 134 valence electrons. The van der Waals surface area contributed by atoms with Crippen LogP contribution in [-0.2, 0) is 9.59 Å². The van der Waals surface area contributed by atoms with Crippen LogP contribution in [0.15, 0.2) is 24.3 Å². The number of halogens is 1. The standard InChI is InChI=1S/C18H16FN3O3S/c19-13-8-4-3-7-12(13)15-14(9-20)26-18(21-15)22-16(23)10-5-1-2-6-11(10)17(24)25/h3-4,7-8,10-11H,1-2,5-6H2,(H,24,25)(H,21,22,23). The molecule has 26 heavy (non-hydrogen) atoms. The maximum atomic E-state index is 14.0. The van der Waals surface area contributed by atoms with Crippen molar-refractivity contribution in [1.29, 1.82) is 5.26 Å². The quantitative estimate of drug-likeness (QED) is 0.851. The first-order valence-electron chi connectivity index (χ1n) is 8.20. The maximum Gasteiger partial charge on any atom is 0.307 e. The summed E-state index contributed by atoms with van der Waals surface area (Å²) < 4.78 is 14.0. The zero-order valence-electron chi connectivity index (χ0n) is 13.7. The molecule has 1 aliphatic carbocycles. The van der Waals surface area contributed by atoms with Crippen molar-refractivity contribution in [2.75, 3.05) is 5.32 Å². The van der Waals surface area contributed by atoms with E-state index in [0.717, 1.165) is 24.2 Å². The number of carboxylic acid groups (broad SMARTS) is 1. The van der Waals surface area contributed by atoms with E-state index < -0.39 is 29.5 Å². The normalized spacial score (nSPS) is 19.5. The molecule has 2 unspecified atom stereocenters. The molecule has 1 saturated carbocycles. The first kappa shape index (κ1) is 18.0. The highest BCUT2D eigenvalue weighted by Gasteiger charge is 2.36. The second kappa shape index (κ2) is 7.62. The molecule has 3 rings (SSSR count). The average Bonchev–Trinajstić information content (AvgIpc) is 3.04. The summed E-state index contributed by atoms with van der Waals surface area (Å²) in [5, 5.41) is 21.4. The van der Waals surface area contributed by atoms with E-state index in [1.165, 1.54) is 18.2 Å². The van der Waals surface area contributed by atoms with E-state index in [9.17, 15) is 24.3 Å². The molecule has 8 heteroatoms. The number of nitriles is 1. The van der Waals surface area contributed by atoms with E-state index in [1.807, 2.05) is 6.07 Å². The maximum absolute atomic E-state index is 14.0. The lowest BCUT2D eigenvalue weighted by Crippen LogP contribution is -2.36. The first-order chi connectivity index (χ1) is 12.5. The fourth-order valence-corrected chi connectivity index (χ4v) is 4.00. The van der Waals surface area contributed by atoms with Gasteiger partial charge in [0.25, 0.3) is 0 Å². The summed E-state index contributed by atoms with van der Waals surface area (Å²) in [5.74, 6) is -3.26. The summed E-state index contributed by atoms with van der Waals surface area (Å²) in [5.41, 5.74) is 0.353. The molecule has 6 nitrogen and oxygen atoms in total. The van der Waals surface area contributed by atoms with Gasteiger partial charge in [-0.2, -0.15) is 5.26 Å². The van der Waals surface area contributed by atoms with Gasteiger partial charge in [-0.25, -0.2) is 9.37 Å². The predicted molar refractivity (Wildman–Crippen MR) is 93.9 cm³/mol. The Balaban J connectivity index is 1.85. The van der Waals surface area contributed by atoms with E-state index in [0.29, 0.717) is 12.8 Å². The SMILES string of the molecule is N#Cc1sc(NC(=O)C2CCCCC2C(=O)O)nc1-c1ccccc1F. The van der Waals surface area contributed by atoms with Crippen LogP contribution < -0.4 is 5.32 Å². The lowest BCUT2D eigenvalue weighted by molar-refractivity contribution is -0.147. The summed E-state index contributed by atoms with van der Waals surface area (Å²) in [6.45, 7) is 0. The lowest BCUT2D eigenvalue weighted by Gasteiger charge is -2.26. The van der Waals surface area contributed by atoms with Gasteiger partial charge in [0.05, 0.1) is 11.8 Å². The number of thiazole rings is 1. The van der Waals surface area contributed by atoms with Crippen LogP contribution >= 0.6 is 11.3 Å². The number of carbonyl (C=O) groups excluding carboxylic acids is 1. The van der Waals surface area contributed by atoms with Crippen LogP contribution in [0.5, 0.6) is 0 Å². The molecule has 1 aliphatic rings. The Morgan fingerprint density at radius 3 is 2.62 bits per heavy atom. The third kappa shape index (κ3) is 3.58. The molecule has 0 aliphatic heterocycles. The minimum absolute atomic E-state index is 0.166. The number of nitrogens with one attached hydrogen (secondary N) is 1. The molecule has 2 atom stereocenters. The Morgan fingerprint density at radius 1 is 1.27 bits per heavy atom. The molecule has 0 bridgehead atoms. The van der Waals surface area contributed by atoms with Crippen LogP contribution in [0.3, 0.4) is 0 Å². The fourth-order valence-electron chi connectivity index (χ4n) is 3.22. The number of hydrogen-bond acceptors (Lipinski definition) is 5. The third-order valence-electron chi connectivity index (χ3n) is 4.51. The minimum Gasteiger partial charge on any atom is -0.481 e. The number of anilines is 1. The molecule has 0 radical (unpaired) electrons. The summed E-state index contributed by atoms with van der Waals surface area (Å²) in [7, 11) is 0. The second-order valence-corrected chi connectivity index (χ2v) is 7.11. The number of amides is 1. The molecule has 1 aromatic carbocycles. The van der Waals surface area contributed by atoms with Gasteiger partial charge < -0.3 is 10.4 Å². The van der Waals surface area contributed by atoms with Crippen LogP contribution in [0.2, 0.25) is 0 Å². The Hall–Kier alpha value is -2.79. The zero-order chi connectivity index (χ0) is 18.7. The van der Waals surface area contributed by atoms with Gasteiger partial charge in [0.1, 0.15) is 22.5 Å². The van der Waals surface area contributed by atoms with Crippen LogP contribution in [0.25, 0.3) is 11.3 Å². The van der Waals surface area contributed by atoms with Gasteiger partial charge in [-0.05, 0) is 25.0 Å². The van der Waals surface area contributed by atoms with E-state index in [-0.39, 0.29) is 21.3 Å². The number of carbonyl (C=O) groups is 2. The highest BCUT2D eigenvalue weighted by atomic mass is 32.1. The number of carboxylic acids is 1. The van der Waals surface area contributed by atoms with E-state index in [1.54, 1.807) is 6.07 Å². The number of nitrogens with zero attached hydrogens (tertiary/aromatic N) is 2. The van der Waals surface area contributed by atoms with Crippen LogP contribution in [0.1, 0.15) is 30.6 Å². The van der Waals surface area contributed by atoms with Crippen molar-refractivity contribution in [3.8, 4) is 17.3 Å². The summed E-state index contributed by atoms with van der Waals surface area (Å²) >= 11 is 0.947. The van der Waals surface area contributed by atoms with Crippen molar-refractivity contribution in [1.82, 2.24) is 4.98 Å². The smallest absolute Gasteiger partial charge is 0.307 e. The number of hydrogen-bond donors (Lipinski definition) is 2. The second-order valence-electron chi connectivity index (χ2n) is 6.11. The van der Waals surface area contributed by atoms with Crippen molar-refractivity contribution in [3.05, 3.63) is 35.0 Å². The molecule has 1 amide bonds. The first-order valence-corrected chi connectivity index (χ1v) is 9.02. The molecule has 1 aromatic heterocycles. The van der Waals surface area contributed by atoms with Crippen LogP contribution in [0, 0.1) is 29.0 Å². The average molecular weight is 373 g/mol. The topological polar surface area (TPSA) is 103 Å². The van der Waals surface area contributed by atoms with Crippen molar-refractivity contribution in [2.24, 2.45) is 11.8 Å². The lowest BCUT2D eigenvalue weighted by atomic mass is 9.79. The Kier molecular flexibility index (Phi) is 5.28. The Bertz CT molecular complexity index is 890. The van der Waals surface area contributed by atoms with E-state index in [4.69, 9.17) is 0 Å². The van der Waals surface area contributed by atoms with Gasteiger partial charge >= 0.3 is 5.97 Å². The molecule has 2 aromatic rings. The monoisotopic (exact) mass is 373 g/mol. The van der Waals surface area contributed by atoms with Gasteiger partial charge in [0, 0.05) is 5.56 Å². The van der Waals surface area contributed by atoms with Crippen molar-refractivity contribution in [2.45, 2.75) is 25.7 Å². The van der Waals surface area contributed by atoms with Crippen LogP contribution in [-0.4, -0.2) is 22.0 Å². The number of aliphatic carboxylic acids is 1. The van der Waals surface area contributed by atoms with Gasteiger partial charge in [0.2, 0.25) is 5.91 Å². The zero-order valence-corrected chi connectivity index (χ0v) is 14.6. The van der Waals surface area contributed by atoms with E-state index in [2.05, 4.69) is 10.3 Å².